The maximum absolute atomic E-state index is 13.0. The number of nitrogens with one attached hydrogen (secondary N) is 2. The van der Waals surface area contributed by atoms with Gasteiger partial charge in [0.05, 0.1) is 11.4 Å². The Bertz CT molecular complexity index is 1070. The lowest BCUT2D eigenvalue weighted by atomic mass is 10.1. The van der Waals surface area contributed by atoms with Crippen LogP contribution in [0.4, 0.5) is 10.6 Å². The summed E-state index contributed by atoms with van der Waals surface area (Å²) in [7, 11) is 0. The Labute approximate surface area is 202 Å². The molecule has 0 saturated carbocycles. The SMILES string of the molecule is CCCCNC(=O)N(CC(=O)Nc1cc(-c2ccccc2)nn1-c1ccc(C)cc1)CC(C)C. The standard InChI is InChI=1S/C27H35N5O2/c1-5-6-16-28-27(34)31(18-20(2)3)19-26(33)29-25-17-24(22-10-8-7-9-11-22)30-32(25)23-14-12-21(4)13-15-23/h7-15,17,20H,5-6,16,18-19H2,1-4H3,(H,28,34)(H,29,33). The van der Waals surface area contributed by atoms with Gasteiger partial charge >= 0.3 is 6.03 Å². The van der Waals surface area contributed by atoms with E-state index < -0.39 is 0 Å². The van der Waals surface area contributed by atoms with Gasteiger partial charge in [0.1, 0.15) is 12.4 Å². The zero-order valence-electron chi connectivity index (χ0n) is 20.5. The van der Waals surface area contributed by atoms with Gasteiger partial charge in [-0.05, 0) is 31.4 Å². The molecule has 1 aromatic heterocycles. The predicted molar refractivity (Wildman–Crippen MR) is 137 cm³/mol. The van der Waals surface area contributed by atoms with Gasteiger partial charge in [-0.2, -0.15) is 5.10 Å². The summed E-state index contributed by atoms with van der Waals surface area (Å²) >= 11 is 0. The van der Waals surface area contributed by atoms with E-state index in [0.29, 0.717) is 18.9 Å². The van der Waals surface area contributed by atoms with Crippen LogP contribution < -0.4 is 10.6 Å². The van der Waals surface area contributed by atoms with Crippen LogP contribution >= 0.6 is 0 Å². The van der Waals surface area contributed by atoms with Crippen molar-refractivity contribution >= 4 is 17.8 Å². The molecule has 7 heteroatoms. The van der Waals surface area contributed by atoms with Crippen molar-refractivity contribution in [3.63, 3.8) is 0 Å². The van der Waals surface area contributed by atoms with Crippen LogP contribution in [0.2, 0.25) is 0 Å². The second kappa shape index (κ2) is 12.0. The van der Waals surface area contributed by atoms with Gasteiger partial charge in [0.25, 0.3) is 0 Å². The van der Waals surface area contributed by atoms with Crippen molar-refractivity contribution in [3.05, 3.63) is 66.2 Å². The zero-order chi connectivity index (χ0) is 24.5. The van der Waals surface area contributed by atoms with E-state index in [1.165, 1.54) is 0 Å². The highest BCUT2D eigenvalue weighted by Gasteiger charge is 2.20. The van der Waals surface area contributed by atoms with E-state index in [0.717, 1.165) is 35.3 Å². The number of amides is 3. The fourth-order valence-electron chi connectivity index (χ4n) is 3.60. The van der Waals surface area contributed by atoms with Gasteiger partial charge in [-0.3, -0.25) is 4.79 Å². The van der Waals surface area contributed by atoms with Crippen molar-refractivity contribution in [2.24, 2.45) is 5.92 Å². The van der Waals surface area contributed by atoms with Crippen LogP contribution in [0.5, 0.6) is 0 Å². The normalized spacial score (nSPS) is 10.9. The number of carbonyl (C=O) groups excluding carboxylic acids is 2. The summed E-state index contributed by atoms with van der Waals surface area (Å²) in [5.74, 6) is 0.537. The number of carbonyl (C=O) groups is 2. The molecule has 0 aliphatic carbocycles. The van der Waals surface area contributed by atoms with Gasteiger partial charge in [-0.15, -0.1) is 0 Å². The molecule has 0 spiro atoms. The highest BCUT2D eigenvalue weighted by molar-refractivity contribution is 5.94. The molecule has 2 aromatic carbocycles. The minimum absolute atomic E-state index is 0.0319. The number of urea groups is 1. The van der Waals surface area contributed by atoms with Gasteiger partial charge in [0, 0.05) is 24.7 Å². The van der Waals surface area contributed by atoms with E-state index in [4.69, 9.17) is 5.10 Å². The van der Waals surface area contributed by atoms with Crippen molar-refractivity contribution < 1.29 is 9.59 Å². The summed E-state index contributed by atoms with van der Waals surface area (Å²) in [5, 5.41) is 10.7. The average Bonchev–Trinajstić information content (AvgIpc) is 3.23. The third-order valence-electron chi connectivity index (χ3n) is 5.34. The van der Waals surface area contributed by atoms with Crippen molar-refractivity contribution in [2.45, 2.75) is 40.5 Å². The molecule has 1 heterocycles. The first-order chi connectivity index (χ1) is 16.4. The van der Waals surface area contributed by atoms with E-state index >= 15 is 0 Å². The third-order valence-corrected chi connectivity index (χ3v) is 5.34. The van der Waals surface area contributed by atoms with Crippen molar-refractivity contribution in [1.82, 2.24) is 20.0 Å². The Morgan fingerprint density at radius 3 is 2.41 bits per heavy atom. The lowest BCUT2D eigenvalue weighted by Gasteiger charge is -2.24. The highest BCUT2D eigenvalue weighted by Crippen LogP contribution is 2.25. The van der Waals surface area contributed by atoms with Crippen molar-refractivity contribution in [3.8, 4) is 16.9 Å². The largest absolute Gasteiger partial charge is 0.338 e. The first-order valence-corrected chi connectivity index (χ1v) is 11.9. The van der Waals surface area contributed by atoms with E-state index in [2.05, 4.69) is 17.6 Å². The number of rotatable bonds is 10. The molecular formula is C27H35N5O2. The number of unbranched alkanes of at least 4 members (excludes halogenated alkanes) is 1. The van der Waals surface area contributed by atoms with Crippen LogP contribution in [0.3, 0.4) is 0 Å². The molecule has 0 fully saturated rings. The quantitative estimate of drug-likeness (QED) is 0.405. The van der Waals surface area contributed by atoms with Gasteiger partial charge < -0.3 is 15.5 Å². The minimum Gasteiger partial charge on any atom is -0.338 e. The zero-order valence-corrected chi connectivity index (χ0v) is 20.5. The van der Waals surface area contributed by atoms with Gasteiger partial charge in [0.15, 0.2) is 0 Å². The summed E-state index contributed by atoms with van der Waals surface area (Å²) in [6.45, 7) is 9.23. The second-order valence-electron chi connectivity index (χ2n) is 8.94. The molecule has 180 valence electrons. The Hall–Kier alpha value is -3.61. The van der Waals surface area contributed by atoms with Crippen LogP contribution in [0, 0.1) is 12.8 Å². The summed E-state index contributed by atoms with van der Waals surface area (Å²) < 4.78 is 1.73. The van der Waals surface area contributed by atoms with Crippen molar-refractivity contribution in [2.75, 3.05) is 25.0 Å². The van der Waals surface area contributed by atoms with Crippen LogP contribution in [0.1, 0.15) is 39.2 Å². The molecule has 0 aliphatic heterocycles. The van der Waals surface area contributed by atoms with Crippen molar-refractivity contribution in [1.29, 1.82) is 0 Å². The predicted octanol–water partition coefficient (Wildman–Crippen LogP) is 5.25. The molecule has 34 heavy (non-hydrogen) atoms. The Balaban J connectivity index is 1.83. The molecule has 0 radical (unpaired) electrons. The highest BCUT2D eigenvalue weighted by atomic mass is 16.2. The van der Waals surface area contributed by atoms with Crippen LogP contribution in [-0.2, 0) is 4.79 Å². The second-order valence-corrected chi connectivity index (χ2v) is 8.94. The smallest absolute Gasteiger partial charge is 0.317 e. The molecule has 0 atom stereocenters. The Morgan fingerprint density at radius 2 is 1.76 bits per heavy atom. The van der Waals surface area contributed by atoms with E-state index in [1.54, 1.807) is 9.58 Å². The first-order valence-electron chi connectivity index (χ1n) is 11.9. The summed E-state index contributed by atoms with van der Waals surface area (Å²) in [5.41, 5.74) is 3.70. The fraction of sp³-hybridized carbons (Fsp3) is 0.370. The van der Waals surface area contributed by atoms with Crippen LogP contribution in [0.15, 0.2) is 60.7 Å². The molecule has 0 aliphatic rings. The number of hydrogen-bond donors (Lipinski definition) is 2. The molecule has 2 N–H and O–H groups in total. The molecule has 3 aromatic rings. The molecule has 0 bridgehead atoms. The number of anilines is 1. The average molecular weight is 462 g/mol. The van der Waals surface area contributed by atoms with Crippen LogP contribution in [0.25, 0.3) is 16.9 Å². The molecular weight excluding hydrogens is 426 g/mol. The summed E-state index contributed by atoms with van der Waals surface area (Å²) in [6.07, 6.45) is 1.91. The maximum atomic E-state index is 13.0. The van der Waals surface area contributed by atoms with E-state index in [-0.39, 0.29) is 24.4 Å². The topological polar surface area (TPSA) is 79.3 Å². The van der Waals surface area contributed by atoms with E-state index in [1.807, 2.05) is 81.4 Å². The Kier molecular flexibility index (Phi) is 8.85. The van der Waals surface area contributed by atoms with Crippen LogP contribution in [-0.4, -0.2) is 46.3 Å². The van der Waals surface area contributed by atoms with Gasteiger partial charge in [-0.1, -0.05) is 75.2 Å². The van der Waals surface area contributed by atoms with Gasteiger partial charge in [-0.25, -0.2) is 9.48 Å². The summed E-state index contributed by atoms with van der Waals surface area (Å²) in [4.78, 5) is 27.3. The number of aryl methyl sites for hydroxylation is 1. The fourth-order valence-corrected chi connectivity index (χ4v) is 3.60. The number of benzene rings is 2. The summed E-state index contributed by atoms with van der Waals surface area (Å²) in [6, 6.07) is 19.5. The van der Waals surface area contributed by atoms with Gasteiger partial charge in [0.2, 0.25) is 5.91 Å². The molecule has 0 unspecified atom stereocenters. The molecule has 7 nitrogen and oxygen atoms in total. The number of hydrogen-bond acceptors (Lipinski definition) is 3. The lowest BCUT2D eigenvalue weighted by Crippen LogP contribution is -2.46. The lowest BCUT2D eigenvalue weighted by molar-refractivity contribution is -0.116. The first kappa shape index (κ1) is 25.0. The number of nitrogens with zero attached hydrogens (tertiary/aromatic N) is 3. The van der Waals surface area contributed by atoms with E-state index in [9.17, 15) is 9.59 Å². The number of aromatic nitrogens is 2. The monoisotopic (exact) mass is 461 g/mol. The third kappa shape index (κ3) is 6.94. The molecule has 0 saturated heterocycles. The molecule has 3 amide bonds. The maximum Gasteiger partial charge on any atom is 0.317 e. The minimum atomic E-state index is -0.265. The molecule has 3 rings (SSSR count). The Morgan fingerprint density at radius 1 is 1.06 bits per heavy atom.